The van der Waals surface area contributed by atoms with Crippen LogP contribution in [-0.4, -0.2) is 24.6 Å². The van der Waals surface area contributed by atoms with Gasteiger partial charge >= 0.3 is 5.97 Å². The van der Waals surface area contributed by atoms with Gasteiger partial charge in [0.2, 0.25) is 0 Å². The normalized spacial score (nSPS) is 13.8. The molecule has 0 N–H and O–H groups in total. The standard InChI is InChI=1S/C14H16O3S/c1-17-14(16)7-5-12(15)10-4-6-13-11(9-10)3-2-8-18-13/h4,6,9H,2-3,5,7-8H2,1H3. The van der Waals surface area contributed by atoms with E-state index >= 15 is 0 Å². The summed E-state index contributed by atoms with van der Waals surface area (Å²) in [5, 5.41) is 0. The second-order valence-electron chi connectivity index (χ2n) is 4.27. The number of rotatable bonds is 4. The van der Waals surface area contributed by atoms with Gasteiger partial charge in [0.25, 0.3) is 0 Å². The summed E-state index contributed by atoms with van der Waals surface area (Å²) in [6, 6.07) is 5.85. The first-order valence-corrected chi connectivity index (χ1v) is 7.05. The molecule has 0 amide bonds. The van der Waals surface area contributed by atoms with Crippen LogP contribution >= 0.6 is 11.8 Å². The van der Waals surface area contributed by atoms with Crippen LogP contribution in [0.2, 0.25) is 0 Å². The summed E-state index contributed by atoms with van der Waals surface area (Å²) in [6.45, 7) is 0. The number of esters is 1. The molecule has 0 aromatic heterocycles. The predicted octanol–water partition coefficient (Wildman–Crippen LogP) is 2.86. The van der Waals surface area contributed by atoms with E-state index in [1.165, 1.54) is 17.6 Å². The maximum Gasteiger partial charge on any atom is 0.305 e. The minimum Gasteiger partial charge on any atom is -0.469 e. The van der Waals surface area contributed by atoms with Crippen LogP contribution in [0.15, 0.2) is 23.1 Å². The van der Waals surface area contributed by atoms with E-state index in [2.05, 4.69) is 4.74 Å². The van der Waals surface area contributed by atoms with Crippen LogP contribution in [0.5, 0.6) is 0 Å². The van der Waals surface area contributed by atoms with Crippen LogP contribution in [0.4, 0.5) is 0 Å². The van der Waals surface area contributed by atoms with Gasteiger partial charge in [-0.25, -0.2) is 0 Å². The van der Waals surface area contributed by atoms with Crippen molar-refractivity contribution < 1.29 is 14.3 Å². The molecular weight excluding hydrogens is 248 g/mol. The summed E-state index contributed by atoms with van der Waals surface area (Å²) in [6.07, 6.45) is 2.58. The van der Waals surface area contributed by atoms with E-state index in [0.29, 0.717) is 5.56 Å². The Balaban J connectivity index is 2.04. The van der Waals surface area contributed by atoms with Crippen molar-refractivity contribution >= 4 is 23.5 Å². The zero-order valence-electron chi connectivity index (χ0n) is 10.4. The number of ketones is 1. The van der Waals surface area contributed by atoms with Crippen LogP contribution in [0.3, 0.4) is 0 Å². The van der Waals surface area contributed by atoms with Gasteiger partial charge in [-0.2, -0.15) is 0 Å². The summed E-state index contributed by atoms with van der Waals surface area (Å²) in [5.41, 5.74) is 1.97. The largest absolute Gasteiger partial charge is 0.469 e. The first kappa shape index (κ1) is 13.1. The monoisotopic (exact) mass is 264 g/mol. The van der Waals surface area contributed by atoms with Gasteiger partial charge in [-0.15, -0.1) is 11.8 Å². The lowest BCUT2D eigenvalue weighted by molar-refractivity contribution is -0.140. The number of benzene rings is 1. The molecule has 96 valence electrons. The molecule has 18 heavy (non-hydrogen) atoms. The van der Waals surface area contributed by atoms with Crippen LogP contribution in [-0.2, 0) is 16.0 Å². The second kappa shape index (κ2) is 6.05. The Hall–Kier alpha value is -1.29. The van der Waals surface area contributed by atoms with Crippen molar-refractivity contribution in [3.05, 3.63) is 29.3 Å². The molecular formula is C14H16O3S. The molecule has 1 aliphatic rings. The zero-order chi connectivity index (χ0) is 13.0. The van der Waals surface area contributed by atoms with Crippen molar-refractivity contribution in [3.63, 3.8) is 0 Å². The molecule has 3 nitrogen and oxygen atoms in total. The highest BCUT2D eigenvalue weighted by atomic mass is 32.2. The Morgan fingerprint density at radius 1 is 1.33 bits per heavy atom. The molecule has 2 rings (SSSR count). The Kier molecular flexibility index (Phi) is 4.42. The Morgan fingerprint density at radius 2 is 2.17 bits per heavy atom. The van der Waals surface area contributed by atoms with Crippen molar-refractivity contribution in [3.8, 4) is 0 Å². The minimum absolute atomic E-state index is 0.0128. The van der Waals surface area contributed by atoms with Gasteiger partial charge in [-0.05, 0) is 36.3 Å². The fraction of sp³-hybridized carbons (Fsp3) is 0.429. The number of ether oxygens (including phenoxy) is 1. The summed E-state index contributed by atoms with van der Waals surface area (Å²) in [4.78, 5) is 24.2. The number of hydrogen-bond acceptors (Lipinski definition) is 4. The van der Waals surface area contributed by atoms with Crippen molar-refractivity contribution in [2.75, 3.05) is 12.9 Å². The van der Waals surface area contributed by atoms with E-state index in [9.17, 15) is 9.59 Å². The van der Waals surface area contributed by atoms with Gasteiger partial charge in [0.1, 0.15) is 0 Å². The molecule has 0 saturated heterocycles. The van der Waals surface area contributed by atoms with Gasteiger partial charge < -0.3 is 4.74 Å². The van der Waals surface area contributed by atoms with Crippen molar-refractivity contribution in [1.29, 1.82) is 0 Å². The minimum atomic E-state index is -0.336. The van der Waals surface area contributed by atoms with Crippen LogP contribution in [0.25, 0.3) is 0 Å². The molecule has 0 radical (unpaired) electrons. The molecule has 0 atom stereocenters. The molecule has 0 unspecified atom stereocenters. The Morgan fingerprint density at radius 3 is 2.94 bits per heavy atom. The summed E-state index contributed by atoms with van der Waals surface area (Å²) in [7, 11) is 1.34. The number of hydrogen-bond donors (Lipinski definition) is 0. The number of Topliss-reactive ketones (excluding diaryl/α,β-unsaturated/α-hetero) is 1. The van der Waals surface area contributed by atoms with E-state index in [0.717, 1.165) is 18.6 Å². The van der Waals surface area contributed by atoms with Crippen LogP contribution < -0.4 is 0 Å². The van der Waals surface area contributed by atoms with Crippen molar-refractivity contribution in [2.45, 2.75) is 30.6 Å². The average Bonchev–Trinajstić information content (AvgIpc) is 2.43. The Labute approximate surface area is 111 Å². The number of methoxy groups -OCH3 is 1. The topological polar surface area (TPSA) is 43.4 Å². The molecule has 1 heterocycles. The maximum absolute atomic E-state index is 11.9. The SMILES string of the molecule is COC(=O)CCC(=O)c1ccc2c(c1)CCCS2. The fourth-order valence-corrected chi connectivity index (χ4v) is 3.02. The van der Waals surface area contributed by atoms with Gasteiger partial charge in [0, 0.05) is 16.9 Å². The third-order valence-corrected chi connectivity index (χ3v) is 4.22. The van der Waals surface area contributed by atoms with Crippen LogP contribution in [0, 0.1) is 0 Å². The second-order valence-corrected chi connectivity index (χ2v) is 5.41. The molecule has 0 aliphatic carbocycles. The first-order chi connectivity index (χ1) is 8.70. The predicted molar refractivity (Wildman–Crippen MR) is 71.1 cm³/mol. The lowest BCUT2D eigenvalue weighted by Gasteiger charge is -2.15. The molecule has 1 aromatic carbocycles. The summed E-state index contributed by atoms with van der Waals surface area (Å²) < 4.78 is 4.53. The average molecular weight is 264 g/mol. The highest BCUT2D eigenvalue weighted by molar-refractivity contribution is 7.99. The highest BCUT2D eigenvalue weighted by Gasteiger charge is 2.14. The number of carbonyl (C=O) groups excluding carboxylic acids is 2. The molecule has 0 fully saturated rings. The smallest absolute Gasteiger partial charge is 0.305 e. The van der Waals surface area contributed by atoms with E-state index in [4.69, 9.17) is 0 Å². The molecule has 1 aliphatic heterocycles. The van der Waals surface area contributed by atoms with Crippen molar-refractivity contribution in [2.24, 2.45) is 0 Å². The maximum atomic E-state index is 11.9. The zero-order valence-corrected chi connectivity index (χ0v) is 11.2. The summed E-state index contributed by atoms with van der Waals surface area (Å²) in [5.74, 6) is 0.832. The fourth-order valence-electron chi connectivity index (χ4n) is 2.00. The third kappa shape index (κ3) is 3.13. The van der Waals surface area contributed by atoms with E-state index in [1.807, 2.05) is 30.0 Å². The molecule has 1 aromatic rings. The van der Waals surface area contributed by atoms with E-state index in [-0.39, 0.29) is 24.6 Å². The molecule has 0 saturated carbocycles. The Bertz CT molecular complexity index is 468. The van der Waals surface area contributed by atoms with Gasteiger partial charge in [-0.3, -0.25) is 9.59 Å². The van der Waals surface area contributed by atoms with Gasteiger partial charge in [-0.1, -0.05) is 6.07 Å². The highest BCUT2D eigenvalue weighted by Crippen LogP contribution is 2.30. The summed E-state index contributed by atoms with van der Waals surface area (Å²) >= 11 is 1.85. The number of aryl methyl sites for hydroxylation is 1. The number of carbonyl (C=O) groups is 2. The van der Waals surface area contributed by atoms with Crippen LogP contribution in [0.1, 0.15) is 35.2 Å². The lowest BCUT2D eigenvalue weighted by Crippen LogP contribution is -2.07. The lowest BCUT2D eigenvalue weighted by atomic mass is 10.0. The molecule has 0 bridgehead atoms. The van der Waals surface area contributed by atoms with Gasteiger partial charge in [0.15, 0.2) is 5.78 Å². The quantitative estimate of drug-likeness (QED) is 0.619. The van der Waals surface area contributed by atoms with E-state index < -0.39 is 0 Å². The van der Waals surface area contributed by atoms with E-state index in [1.54, 1.807) is 0 Å². The molecule has 0 spiro atoms. The number of fused-ring (bicyclic) bond motifs is 1. The first-order valence-electron chi connectivity index (χ1n) is 6.06. The van der Waals surface area contributed by atoms with Crippen molar-refractivity contribution in [1.82, 2.24) is 0 Å². The third-order valence-electron chi connectivity index (χ3n) is 3.01. The number of thioether (sulfide) groups is 1. The van der Waals surface area contributed by atoms with Gasteiger partial charge in [0.05, 0.1) is 13.5 Å². The molecule has 4 heteroatoms.